The number of methoxy groups -OCH3 is 1. The van der Waals surface area contributed by atoms with Gasteiger partial charge in [-0.1, -0.05) is 40.0 Å². The molecule has 2 nitrogen and oxygen atoms in total. The molecule has 0 aliphatic carbocycles. The van der Waals surface area contributed by atoms with Gasteiger partial charge < -0.3 is 10.1 Å². The van der Waals surface area contributed by atoms with Gasteiger partial charge >= 0.3 is 0 Å². The summed E-state index contributed by atoms with van der Waals surface area (Å²) < 4.78 is 5.14. The SMILES string of the molecule is CCCCCC(C)NCC(C)(C)CCOC. The summed E-state index contributed by atoms with van der Waals surface area (Å²) >= 11 is 0. The van der Waals surface area contributed by atoms with Crippen molar-refractivity contribution in [1.29, 1.82) is 0 Å². The summed E-state index contributed by atoms with van der Waals surface area (Å²) in [5.41, 5.74) is 0.342. The van der Waals surface area contributed by atoms with E-state index in [0.29, 0.717) is 11.5 Å². The highest BCUT2D eigenvalue weighted by molar-refractivity contribution is 4.73. The van der Waals surface area contributed by atoms with Gasteiger partial charge in [-0.05, 0) is 25.2 Å². The predicted octanol–water partition coefficient (Wildman–Crippen LogP) is 3.61. The Kier molecular flexibility index (Phi) is 8.96. The quantitative estimate of drug-likeness (QED) is 0.578. The van der Waals surface area contributed by atoms with Crippen molar-refractivity contribution in [2.45, 2.75) is 65.8 Å². The molecule has 0 rings (SSSR count). The van der Waals surface area contributed by atoms with Crippen molar-refractivity contribution < 1.29 is 4.74 Å². The summed E-state index contributed by atoms with van der Waals surface area (Å²) in [6.45, 7) is 11.1. The van der Waals surface area contributed by atoms with Gasteiger partial charge in [0.25, 0.3) is 0 Å². The lowest BCUT2D eigenvalue weighted by Crippen LogP contribution is -2.36. The second-order valence-electron chi connectivity index (χ2n) is 5.68. The van der Waals surface area contributed by atoms with Crippen molar-refractivity contribution in [3.63, 3.8) is 0 Å². The van der Waals surface area contributed by atoms with Gasteiger partial charge in [-0.15, -0.1) is 0 Å². The Morgan fingerprint density at radius 2 is 1.94 bits per heavy atom. The zero-order valence-electron chi connectivity index (χ0n) is 11.9. The fourth-order valence-electron chi connectivity index (χ4n) is 1.72. The molecule has 0 bridgehead atoms. The smallest absolute Gasteiger partial charge is 0.0467 e. The molecule has 0 aliphatic heterocycles. The molecule has 0 heterocycles. The molecule has 98 valence electrons. The van der Waals surface area contributed by atoms with E-state index in [9.17, 15) is 0 Å². The van der Waals surface area contributed by atoms with E-state index >= 15 is 0 Å². The first kappa shape index (κ1) is 15.9. The average Bonchev–Trinajstić information content (AvgIpc) is 2.24. The summed E-state index contributed by atoms with van der Waals surface area (Å²) in [6.07, 6.45) is 6.45. The summed E-state index contributed by atoms with van der Waals surface area (Å²) in [5, 5.41) is 3.64. The van der Waals surface area contributed by atoms with Crippen LogP contribution >= 0.6 is 0 Å². The van der Waals surface area contributed by atoms with Gasteiger partial charge in [0, 0.05) is 26.3 Å². The van der Waals surface area contributed by atoms with Crippen LogP contribution in [-0.2, 0) is 4.74 Å². The number of rotatable bonds is 10. The van der Waals surface area contributed by atoms with Crippen molar-refractivity contribution in [2.75, 3.05) is 20.3 Å². The average molecular weight is 229 g/mol. The van der Waals surface area contributed by atoms with Crippen LogP contribution in [0.15, 0.2) is 0 Å². The Morgan fingerprint density at radius 3 is 2.50 bits per heavy atom. The lowest BCUT2D eigenvalue weighted by Gasteiger charge is -2.27. The lowest BCUT2D eigenvalue weighted by molar-refractivity contribution is 0.149. The number of unbranched alkanes of at least 4 members (excludes halogenated alkanes) is 2. The van der Waals surface area contributed by atoms with E-state index in [1.54, 1.807) is 7.11 Å². The molecule has 0 aromatic carbocycles. The fourth-order valence-corrected chi connectivity index (χ4v) is 1.72. The first-order valence-electron chi connectivity index (χ1n) is 6.74. The van der Waals surface area contributed by atoms with E-state index in [2.05, 4.69) is 33.0 Å². The number of hydrogen-bond donors (Lipinski definition) is 1. The van der Waals surface area contributed by atoms with Crippen LogP contribution in [-0.4, -0.2) is 26.3 Å². The summed E-state index contributed by atoms with van der Waals surface area (Å²) in [4.78, 5) is 0. The minimum absolute atomic E-state index is 0.342. The van der Waals surface area contributed by atoms with Crippen molar-refractivity contribution in [1.82, 2.24) is 5.32 Å². The molecule has 0 aromatic heterocycles. The highest BCUT2D eigenvalue weighted by Gasteiger charge is 2.17. The van der Waals surface area contributed by atoms with Gasteiger partial charge in [0.15, 0.2) is 0 Å². The summed E-state index contributed by atoms with van der Waals surface area (Å²) in [6, 6.07) is 0.647. The van der Waals surface area contributed by atoms with Gasteiger partial charge in [-0.2, -0.15) is 0 Å². The van der Waals surface area contributed by atoms with Crippen LogP contribution in [0.5, 0.6) is 0 Å². The molecular formula is C14H31NO. The first-order valence-corrected chi connectivity index (χ1v) is 6.74. The molecule has 0 saturated heterocycles. The third-order valence-corrected chi connectivity index (χ3v) is 3.15. The molecular weight excluding hydrogens is 198 g/mol. The third-order valence-electron chi connectivity index (χ3n) is 3.15. The van der Waals surface area contributed by atoms with E-state index < -0.39 is 0 Å². The molecule has 0 aromatic rings. The molecule has 0 saturated carbocycles. The Balaban J connectivity index is 3.59. The fraction of sp³-hybridized carbons (Fsp3) is 1.00. The molecule has 0 radical (unpaired) electrons. The minimum atomic E-state index is 0.342. The van der Waals surface area contributed by atoms with Crippen LogP contribution in [0.25, 0.3) is 0 Å². The maximum Gasteiger partial charge on any atom is 0.0467 e. The Bertz CT molecular complexity index is 157. The Morgan fingerprint density at radius 1 is 1.25 bits per heavy atom. The zero-order valence-corrected chi connectivity index (χ0v) is 11.9. The highest BCUT2D eigenvalue weighted by atomic mass is 16.5. The molecule has 1 atom stereocenters. The van der Waals surface area contributed by atoms with Crippen molar-refractivity contribution in [3.8, 4) is 0 Å². The largest absolute Gasteiger partial charge is 0.385 e. The van der Waals surface area contributed by atoms with Crippen LogP contribution in [0.2, 0.25) is 0 Å². The van der Waals surface area contributed by atoms with E-state index in [4.69, 9.17) is 4.74 Å². The van der Waals surface area contributed by atoms with Crippen LogP contribution in [0, 0.1) is 5.41 Å². The van der Waals surface area contributed by atoms with E-state index in [-0.39, 0.29) is 0 Å². The van der Waals surface area contributed by atoms with E-state index in [0.717, 1.165) is 19.6 Å². The topological polar surface area (TPSA) is 21.3 Å². The zero-order chi connectivity index (χ0) is 12.4. The molecule has 1 N–H and O–H groups in total. The maximum atomic E-state index is 5.14. The van der Waals surface area contributed by atoms with Crippen LogP contribution < -0.4 is 5.32 Å². The number of ether oxygens (including phenoxy) is 1. The van der Waals surface area contributed by atoms with Gasteiger partial charge in [-0.3, -0.25) is 0 Å². The molecule has 0 spiro atoms. The second-order valence-corrected chi connectivity index (χ2v) is 5.68. The third kappa shape index (κ3) is 9.17. The molecule has 1 unspecified atom stereocenters. The number of hydrogen-bond acceptors (Lipinski definition) is 2. The standard InChI is InChI=1S/C14H31NO/c1-6-7-8-9-13(2)15-12-14(3,4)10-11-16-5/h13,15H,6-12H2,1-5H3. The highest BCUT2D eigenvalue weighted by Crippen LogP contribution is 2.19. The Labute approximate surface area is 102 Å². The lowest BCUT2D eigenvalue weighted by atomic mass is 9.89. The number of nitrogens with one attached hydrogen (secondary N) is 1. The second kappa shape index (κ2) is 9.00. The Hall–Kier alpha value is -0.0800. The normalized spacial score (nSPS) is 14.1. The van der Waals surface area contributed by atoms with E-state index in [1.807, 2.05) is 0 Å². The van der Waals surface area contributed by atoms with E-state index in [1.165, 1.54) is 25.7 Å². The van der Waals surface area contributed by atoms with Crippen LogP contribution in [0.4, 0.5) is 0 Å². The minimum Gasteiger partial charge on any atom is -0.385 e. The van der Waals surface area contributed by atoms with Gasteiger partial charge in [0.2, 0.25) is 0 Å². The van der Waals surface area contributed by atoms with Crippen molar-refractivity contribution in [2.24, 2.45) is 5.41 Å². The van der Waals surface area contributed by atoms with Crippen molar-refractivity contribution >= 4 is 0 Å². The molecule has 0 amide bonds. The molecule has 0 fully saturated rings. The first-order chi connectivity index (χ1) is 7.52. The maximum absolute atomic E-state index is 5.14. The van der Waals surface area contributed by atoms with Gasteiger partial charge in [0.1, 0.15) is 0 Å². The summed E-state index contributed by atoms with van der Waals surface area (Å²) in [5.74, 6) is 0. The van der Waals surface area contributed by atoms with Crippen LogP contribution in [0.1, 0.15) is 59.8 Å². The van der Waals surface area contributed by atoms with Crippen LogP contribution in [0.3, 0.4) is 0 Å². The summed E-state index contributed by atoms with van der Waals surface area (Å²) in [7, 11) is 1.77. The van der Waals surface area contributed by atoms with Gasteiger partial charge in [-0.25, -0.2) is 0 Å². The predicted molar refractivity (Wildman–Crippen MR) is 71.9 cm³/mol. The van der Waals surface area contributed by atoms with Crippen molar-refractivity contribution in [3.05, 3.63) is 0 Å². The molecule has 0 aliphatic rings. The van der Waals surface area contributed by atoms with Gasteiger partial charge in [0.05, 0.1) is 0 Å². The molecule has 2 heteroatoms. The monoisotopic (exact) mass is 229 g/mol. The molecule has 16 heavy (non-hydrogen) atoms.